The summed E-state index contributed by atoms with van der Waals surface area (Å²) in [5.74, 6) is -0.566. The number of anilines is 2. The molecule has 0 spiro atoms. The first-order chi connectivity index (χ1) is 13.8. The van der Waals surface area contributed by atoms with Gasteiger partial charge in [0, 0.05) is 5.71 Å². The molecule has 1 heterocycles. The molecule has 2 aromatic carbocycles. The number of nitrogens with one attached hydrogen (secondary N) is 1. The van der Waals surface area contributed by atoms with Gasteiger partial charge in [0.05, 0.1) is 28.0 Å². The van der Waals surface area contributed by atoms with Crippen LogP contribution in [0.5, 0.6) is 0 Å². The number of benzene rings is 2. The zero-order valence-corrected chi connectivity index (χ0v) is 17.6. The summed E-state index contributed by atoms with van der Waals surface area (Å²) in [6.07, 6.45) is 2.57. The van der Waals surface area contributed by atoms with E-state index in [1.54, 1.807) is 11.0 Å². The summed E-state index contributed by atoms with van der Waals surface area (Å²) < 4.78 is 0. The lowest BCUT2D eigenvalue weighted by molar-refractivity contribution is -0.122. The van der Waals surface area contributed by atoms with E-state index in [2.05, 4.69) is 5.32 Å². The van der Waals surface area contributed by atoms with Gasteiger partial charge in [-0.25, -0.2) is 0 Å². The van der Waals surface area contributed by atoms with Crippen LogP contribution in [0.15, 0.2) is 35.3 Å². The zero-order chi connectivity index (χ0) is 20.7. The number of halogens is 1. The number of amides is 2. The number of nitrogens with zero attached hydrogens (tertiary/aromatic N) is 2. The Morgan fingerprint density at radius 3 is 2.76 bits per heavy atom. The number of aliphatic imine (C=N–C) groups is 1. The second-order valence-electron chi connectivity index (χ2n) is 7.88. The number of fused-ring (bicyclic) bond motifs is 2. The molecule has 2 aliphatic rings. The van der Waals surface area contributed by atoms with Gasteiger partial charge in [-0.2, -0.15) is 0 Å². The summed E-state index contributed by atoms with van der Waals surface area (Å²) >= 11 is 6.31. The lowest BCUT2D eigenvalue weighted by Gasteiger charge is -2.25. The van der Waals surface area contributed by atoms with Gasteiger partial charge in [0.15, 0.2) is 0 Å². The summed E-state index contributed by atoms with van der Waals surface area (Å²) in [6.45, 7) is 5.85. The van der Waals surface area contributed by atoms with Gasteiger partial charge in [0.2, 0.25) is 11.8 Å². The summed E-state index contributed by atoms with van der Waals surface area (Å²) in [5, 5.41) is 3.36. The Hall–Kier alpha value is -2.66. The Labute approximate surface area is 175 Å². The first-order valence-corrected chi connectivity index (χ1v) is 10.3. The van der Waals surface area contributed by atoms with E-state index >= 15 is 0 Å². The van der Waals surface area contributed by atoms with Crippen molar-refractivity contribution in [2.75, 3.05) is 16.8 Å². The average molecular weight is 410 g/mol. The minimum absolute atomic E-state index is 0.0475. The van der Waals surface area contributed by atoms with Crippen LogP contribution >= 0.6 is 11.6 Å². The normalized spacial score (nSPS) is 18.1. The van der Waals surface area contributed by atoms with Crippen molar-refractivity contribution in [2.24, 2.45) is 10.9 Å². The monoisotopic (exact) mass is 409 g/mol. The van der Waals surface area contributed by atoms with Crippen molar-refractivity contribution in [3.05, 3.63) is 52.0 Å². The van der Waals surface area contributed by atoms with Gasteiger partial charge in [-0.05, 0) is 74.9 Å². The van der Waals surface area contributed by atoms with Crippen molar-refractivity contribution in [3.8, 4) is 0 Å². The Balaban J connectivity index is 1.67. The fourth-order valence-electron chi connectivity index (χ4n) is 4.02. The van der Waals surface area contributed by atoms with Gasteiger partial charge in [-0.1, -0.05) is 23.7 Å². The minimum atomic E-state index is -0.281. The van der Waals surface area contributed by atoms with Crippen LogP contribution in [0.25, 0.3) is 0 Å². The highest BCUT2D eigenvalue weighted by Gasteiger charge is 2.37. The highest BCUT2D eigenvalue weighted by Crippen LogP contribution is 2.39. The van der Waals surface area contributed by atoms with Crippen molar-refractivity contribution >= 4 is 46.2 Å². The third-order valence-corrected chi connectivity index (χ3v) is 6.31. The van der Waals surface area contributed by atoms with E-state index in [4.69, 9.17) is 16.6 Å². The topological polar surface area (TPSA) is 61.8 Å². The van der Waals surface area contributed by atoms with E-state index in [-0.39, 0.29) is 24.3 Å². The predicted molar refractivity (Wildman–Crippen MR) is 118 cm³/mol. The summed E-state index contributed by atoms with van der Waals surface area (Å²) in [7, 11) is 0. The van der Waals surface area contributed by atoms with Crippen molar-refractivity contribution in [1.82, 2.24) is 0 Å². The molecule has 1 aliphatic heterocycles. The maximum absolute atomic E-state index is 13.3. The molecule has 29 heavy (non-hydrogen) atoms. The van der Waals surface area contributed by atoms with Crippen LogP contribution in [0.2, 0.25) is 5.02 Å². The SMILES string of the molecule is Cc1cc2c(cc1C)N(CC(=O)Nc1cccc(C)c1Cl)C(=O)[C@@H]1CCCC1=N2. The molecule has 4 rings (SSSR count). The smallest absolute Gasteiger partial charge is 0.244 e. The number of carbonyl (C=O) groups is 2. The zero-order valence-electron chi connectivity index (χ0n) is 16.9. The molecule has 1 aliphatic carbocycles. The van der Waals surface area contributed by atoms with Gasteiger partial charge in [0.1, 0.15) is 6.54 Å². The summed E-state index contributed by atoms with van der Waals surface area (Å²) in [4.78, 5) is 32.6. The molecule has 0 radical (unpaired) electrons. The molecule has 2 aromatic rings. The number of aryl methyl sites for hydroxylation is 3. The minimum Gasteiger partial charge on any atom is -0.323 e. The fraction of sp³-hybridized carbons (Fsp3) is 0.348. The molecule has 1 fully saturated rings. The van der Waals surface area contributed by atoms with E-state index in [1.807, 2.05) is 45.0 Å². The van der Waals surface area contributed by atoms with Crippen LogP contribution in [-0.2, 0) is 9.59 Å². The maximum Gasteiger partial charge on any atom is 0.244 e. The average Bonchev–Trinajstić information content (AvgIpc) is 3.10. The molecule has 5 nitrogen and oxygen atoms in total. The maximum atomic E-state index is 13.3. The van der Waals surface area contributed by atoms with Crippen molar-refractivity contribution in [2.45, 2.75) is 40.0 Å². The third-order valence-electron chi connectivity index (χ3n) is 5.81. The van der Waals surface area contributed by atoms with E-state index in [0.717, 1.165) is 47.4 Å². The predicted octanol–water partition coefficient (Wildman–Crippen LogP) is 5.12. The first kappa shape index (κ1) is 19.6. The Kier molecular flexibility index (Phi) is 5.17. The molecule has 2 amide bonds. The van der Waals surface area contributed by atoms with Gasteiger partial charge >= 0.3 is 0 Å². The molecule has 150 valence electrons. The Bertz CT molecular complexity index is 1040. The van der Waals surface area contributed by atoms with Crippen LogP contribution in [0.3, 0.4) is 0 Å². The van der Waals surface area contributed by atoms with Gasteiger partial charge in [-0.3, -0.25) is 14.6 Å². The lowest BCUT2D eigenvalue weighted by atomic mass is 10.0. The van der Waals surface area contributed by atoms with E-state index in [0.29, 0.717) is 16.4 Å². The summed E-state index contributed by atoms with van der Waals surface area (Å²) in [5.41, 5.74) is 6.02. The molecular weight excluding hydrogens is 386 g/mol. The molecule has 1 atom stereocenters. The Morgan fingerprint density at radius 1 is 1.21 bits per heavy atom. The molecular formula is C23H24ClN3O2. The van der Waals surface area contributed by atoms with E-state index < -0.39 is 0 Å². The molecule has 1 N–H and O–H groups in total. The van der Waals surface area contributed by atoms with Crippen LogP contribution < -0.4 is 10.2 Å². The lowest BCUT2D eigenvalue weighted by Crippen LogP contribution is -2.42. The Morgan fingerprint density at radius 2 is 1.97 bits per heavy atom. The van der Waals surface area contributed by atoms with E-state index in [1.165, 1.54) is 0 Å². The molecule has 0 saturated heterocycles. The quantitative estimate of drug-likeness (QED) is 0.764. The van der Waals surface area contributed by atoms with Crippen molar-refractivity contribution < 1.29 is 9.59 Å². The number of rotatable bonds is 3. The second kappa shape index (κ2) is 7.64. The number of carbonyl (C=O) groups excluding carboxylic acids is 2. The van der Waals surface area contributed by atoms with Gasteiger partial charge in [0.25, 0.3) is 0 Å². The second-order valence-corrected chi connectivity index (χ2v) is 8.26. The van der Waals surface area contributed by atoms with Gasteiger partial charge < -0.3 is 10.2 Å². The number of hydrogen-bond donors (Lipinski definition) is 1. The van der Waals surface area contributed by atoms with Crippen LogP contribution in [-0.4, -0.2) is 24.1 Å². The fourth-order valence-corrected chi connectivity index (χ4v) is 4.19. The van der Waals surface area contributed by atoms with Crippen LogP contribution in [0.4, 0.5) is 17.1 Å². The summed E-state index contributed by atoms with van der Waals surface area (Å²) in [6, 6.07) is 9.45. The van der Waals surface area contributed by atoms with Crippen molar-refractivity contribution in [1.29, 1.82) is 0 Å². The molecule has 0 bridgehead atoms. The first-order valence-electron chi connectivity index (χ1n) is 9.90. The van der Waals surface area contributed by atoms with E-state index in [9.17, 15) is 9.59 Å². The molecule has 0 aromatic heterocycles. The van der Waals surface area contributed by atoms with Crippen LogP contribution in [0, 0.1) is 26.7 Å². The number of hydrogen-bond acceptors (Lipinski definition) is 3. The molecule has 6 heteroatoms. The standard InChI is InChI=1S/C23H24ClN3O2/c1-13-6-4-9-18(22(13)24)26-21(28)12-27-20-11-15(3)14(2)10-19(20)25-17-8-5-7-16(17)23(27)29/h4,6,9-11,16H,5,7-8,12H2,1-3H3,(H,26,28)/t16-/m1/s1. The van der Waals surface area contributed by atoms with Crippen LogP contribution in [0.1, 0.15) is 36.0 Å². The molecule has 1 saturated carbocycles. The largest absolute Gasteiger partial charge is 0.323 e. The van der Waals surface area contributed by atoms with Crippen molar-refractivity contribution in [3.63, 3.8) is 0 Å². The van der Waals surface area contributed by atoms with Gasteiger partial charge in [-0.15, -0.1) is 0 Å². The highest BCUT2D eigenvalue weighted by molar-refractivity contribution is 6.34. The third kappa shape index (κ3) is 3.67. The highest BCUT2D eigenvalue weighted by atomic mass is 35.5. The molecule has 0 unspecified atom stereocenters.